The van der Waals surface area contributed by atoms with Crippen molar-refractivity contribution in [3.05, 3.63) is 29.8 Å². The summed E-state index contributed by atoms with van der Waals surface area (Å²) in [5, 5.41) is 8.80. The van der Waals surface area contributed by atoms with E-state index in [0.717, 1.165) is 25.3 Å². The largest absolute Gasteiger partial charge is 0.573 e. The lowest BCUT2D eigenvalue weighted by Gasteiger charge is -2.28. The van der Waals surface area contributed by atoms with E-state index in [9.17, 15) is 22.8 Å². The first kappa shape index (κ1) is 19.5. The maximum atomic E-state index is 12.6. The standard InChI is InChI=1S/C19H21F3O5/c20-19(21,22)26-14-5-2-1-4-13(14)16(25)27-18-10-8-17(12-18,9-11-18)7-3-6-15(23)24/h1-2,4-5H,3,6-12H2,(H,23,24). The van der Waals surface area contributed by atoms with Crippen LogP contribution in [0.5, 0.6) is 5.75 Å². The van der Waals surface area contributed by atoms with Gasteiger partial charge in [-0.15, -0.1) is 13.2 Å². The number of alkyl halides is 3. The van der Waals surface area contributed by atoms with Crippen molar-refractivity contribution in [1.29, 1.82) is 0 Å². The van der Waals surface area contributed by atoms with E-state index in [1.165, 1.54) is 18.2 Å². The maximum Gasteiger partial charge on any atom is 0.573 e. The molecule has 2 aliphatic rings. The van der Waals surface area contributed by atoms with E-state index >= 15 is 0 Å². The number of para-hydroxylation sites is 1. The predicted molar refractivity (Wildman–Crippen MR) is 88.3 cm³/mol. The Balaban J connectivity index is 1.67. The van der Waals surface area contributed by atoms with Gasteiger partial charge in [0.05, 0.1) is 0 Å². The van der Waals surface area contributed by atoms with E-state index < -0.39 is 29.7 Å². The Labute approximate surface area is 154 Å². The fourth-order valence-corrected chi connectivity index (χ4v) is 4.46. The minimum Gasteiger partial charge on any atom is -0.481 e. The number of benzene rings is 1. The summed E-state index contributed by atoms with van der Waals surface area (Å²) in [6.45, 7) is 0. The molecule has 0 unspecified atom stereocenters. The molecule has 2 fully saturated rings. The average Bonchev–Trinajstić information content (AvgIpc) is 3.09. The van der Waals surface area contributed by atoms with Gasteiger partial charge in [0, 0.05) is 6.42 Å². The molecule has 0 saturated heterocycles. The molecule has 1 N–H and O–H groups in total. The lowest BCUT2D eigenvalue weighted by Crippen LogP contribution is -2.30. The third-order valence-corrected chi connectivity index (χ3v) is 5.66. The molecule has 0 atom stereocenters. The van der Waals surface area contributed by atoms with Crippen LogP contribution in [-0.4, -0.2) is 29.0 Å². The number of carbonyl (C=O) groups is 2. The highest BCUT2D eigenvalue weighted by Crippen LogP contribution is 2.60. The van der Waals surface area contributed by atoms with Gasteiger partial charge < -0.3 is 14.6 Å². The number of carboxylic acid groups (broad SMARTS) is 1. The number of fused-ring (bicyclic) bond motifs is 2. The summed E-state index contributed by atoms with van der Waals surface area (Å²) in [4.78, 5) is 23.3. The molecule has 0 heterocycles. The highest BCUT2D eigenvalue weighted by molar-refractivity contribution is 5.92. The second-order valence-electron chi connectivity index (χ2n) is 7.54. The first-order chi connectivity index (χ1) is 12.6. The second-order valence-corrected chi connectivity index (χ2v) is 7.54. The quantitative estimate of drug-likeness (QED) is 0.688. The number of hydrogen-bond donors (Lipinski definition) is 1. The molecule has 8 heteroatoms. The van der Waals surface area contributed by atoms with Crippen LogP contribution in [0.2, 0.25) is 0 Å². The summed E-state index contributed by atoms with van der Waals surface area (Å²) >= 11 is 0. The molecule has 0 aromatic heterocycles. The van der Waals surface area contributed by atoms with E-state index in [1.807, 2.05) is 0 Å². The van der Waals surface area contributed by atoms with Gasteiger partial charge in [-0.3, -0.25) is 4.79 Å². The Bertz CT molecular complexity index is 720. The molecule has 5 nitrogen and oxygen atoms in total. The van der Waals surface area contributed by atoms with Crippen LogP contribution in [0.3, 0.4) is 0 Å². The number of carboxylic acids is 1. The fourth-order valence-electron chi connectivity index (χ4n) is 4.46. The Kier molecular flexibility index (Phi) is 5.10. The van der Waals surface area contributed by atoms with Crippen molar-refractivity contribution >= 4 is 11.9 Å². The fraction of sp³-hybridized carbons (Fsp3) is 0.579. The summed E-state index contributed by atoms with van der Waals surface area (Å²) in [7, 11) is 0. The Hall–Kier alpha value is -2.25. The van der Waals surface area contributed by atoms with Gasteiger partial charge in [-0.05, 0) is 62.5 Å². The zero-order valence-electron chi connectivity index (χ0n) is 14.7. The van der Waals surface area contributed by atoms with E-state index in [1.54, 1.807) is 0 Å². The SMILES string of the molecule is O=C(O)CCCC12CCC(OC(=O)c3ccccc3OC(F)(F)F)(CC1)C2. The molecular weight excluding hydrogens is 365 g/mol. The normalized spacial score (nSPS) is 26.8. The van der Waals surface area contributed by atoms with Crippen molar-refractivity contribution in [3.8, 4) is 5.75 Å². The monoisotopic (exact) mass is 386 g/mol. The van der Waals surface area contributed by atoms with E-state index in [4.69, 9.17) is 9.84 Å². The lowest BCUT2D eigenvalue weighted by molar-refractivity contribution is -0.274. The van der Waals surface area contributed by atoms with Gasteiger partial charge in [-0.1, -0.05) is 12.1 Å². The van der Waals surface area contributed by atoms with Gasteiger partial charge in [0.2, 0.25) is 0 Å². The summed E-state index contributed by atoms with van der Waals surface area (Å²) < 4.78 is 47.3. The van der Waals surface area contributed by atoms with Gasteiger partial charge in [-0.25, -0.2) is 4.79 Å². The van der Waals surface area contributed by atoms with Crippen molar-refractivity contribution in [1.82, 2.24) is 0 Å². The molecule has 1 aromatic rings. The van der Waals surface area contributed by atoms with E-state index in [2.05, 4.69) is 4.74 Å². The van der Waals surface area contributed by atoms with Crippen LogP contribution in [0.25, 0.3) is 0 Å². The van der Waals surface area contributed by atoms with E-state index in [-0.39, 0.29) is 17.4 Å². The smallest absolute Gasteiger partial charge is 0.481 e. The molecule has 3 rings (SSSR count). The summed E-state index contributed by atoms with van der Waals surface area (Å²) in [6, 6.07) is 5.15. The number of carbonyl (C=O) groups excluding carboxylic acids is 1. The van der Waals surface area contributed by atoms with Crippen LogP contribution in [0.15, 0.2) is 24.3 Å². The average molecular weight is 386 g/mol. The first-order valence-corrected chi connectivity index (χ1v) is 8.92. The highest BCUT2D eigenvalue weighted by atomic mass is 19.4. The second kappa shape index (κ2) is 7.05. The molecule has 2 bridgehead atoms. The van der Waals surface area contributed by atoms with Crippen molar-refractivity contribution in [2.24, 2.45) is 5.41 Å². The topological polar surface area (TPSA) is 72.8 Å². The van der Waals surface area contributed by atoms with Gasteiger partial charge in [0.15, 0.2) is 0 Å². The maximum absolute atomic E-state index is 12.6. The van der Waals surface area contributed by atoms with Crippen LogP contribution in [0.1, 0.15) is 61.7 Å². The third kappa shape index (κ3) is 4.54. The number of esters is 1. The molecule has 148 valence electrons. The minimum absolute atomic E-state index is 0.0300. The van der Waals surface area contributed by atoms with Gasteiger partial charge in [0.25, 0.3) is 0 Å². The Morgan fingerprint density at radius 1 is 1.11 bits per heavy atom. The number of ether oxygens (including phenoxy) is 2. The minimum atomic E-state index is -4.89. The van der Waals surface area contributed by atoms with Crippen LogP contribution >= 0.6 is 0 Å². The Morgan fingerprint density at radius 2 is 1.78 bits per heavy atom. The zero-order valence-corrected chi connectivity index (χ0v) is 14.7. The molecule has 2 saturated carbocycles. The van der Waals surface area contributed by atoms with Gasteiger partial charge >= 0.3 is 18.3 Å². The van der Waals surface area contributed by atoms with Crippen molar-refractivity contribution in [2.75, 3.05) is 0 Å². The number of halogens is 3. The van der Waals surface area contributed by atoms with Gasteiger partial charge in [-0.2, -0.15) is 0 Å². The Morgan fingerprint density at radius 3 is 2.41 bits per heavy atom. The first-order valence-electron chi connectivity index (χ1n) is 8.92. The molecule has 0 spiro atoms. The summed E-state index contributed by atoms with van der Waals surface area (Å²) in [5.74, 6) is -2.23. The molecule has 1 aromatic carbocycles. The predicted octanol–water partition coefficient (Wildman–Crippen LogP) is 4.70. The van der Waals surface area contributed by atoms with Crippen molar-refractivity contribution < 1.29 is 37.3 Å². The molecular formula is C19H21F3O5. The number of aliphatic carboxylic acids is 1. The van der Waals surface area contributed by atoms with Crippen LogP contribution in [0.4, 0.5) is 13.2 Å². The molecule has 2 aliphatic carbocycles. The van der Waals surface area contributed by atoms with E-state index in [0.29, 0.717) is 25.7 Å². The van der Waals surface area contributed by atoms with Crippen molar-refractivity contribution in [3.63, 3.8) is 0 Å². The van der Waals surface area contributed by atoms with Crippen LogP contribution in [-0.2, 0) is 9.53 Å². The van der Waals surface area contributed by atoms with Crippen LogP contribution in [0, 0.1) is 5.41 Å². The summed E-state index contributed by atoms with van der Waals surface area (Å²) in [5.41, 5.74) is -0.955. The molecule has 0 amide bonds. The van der Waals surface area contributed by atoms with Crippen LogP contribution < -0.4 is 4.74 Å². The van der Waals surface area contributed by atoms with Crippen molar-refractivity contribution in [2.45, 2.75) is 63.3 Å². The molecule has 0 radical (unpaired) electrons. The third-order valence-electron chi connectivity index (χ3n) is 5.66. The highest BCUT2D eigenvalue weighted by Gasteiger charge is 2.56. The lowest BCUT2D eigenvalue weighted by atomic mass is 9.80. The summed E-state index contributed by atoms with van der Waals surface area (Å²) in [6.07, 6.45) is 0.135. The molecule has 0 aliphatic heterocycles. The zero-order chi connectivity index (χ0) is 19.7. The molecule has 27 heavy (non-hydrogen) atoms. The van der Waals surface area contributed by atoms with Gasteiger partial charge in [0.1, 0.15) is 16.9 Å². The number of rotatable bonds is 7. The number of hydrogen-bond acceptors (Lipinski definition) is 4.